The van der Waals surface area contributed by atoms with Crippen molar-refractivity contribution in [2.24, 2.45) is 0 Å². The third kappa shape index (κ3) is 5.22. The minimum absolute atomic E-state index is 0.465. The summed E-state index contributed by atoms with van der Waals surface area (Å²) in [6.45, 7) is 7.44. The molecular weight excluding hydrogens is 284 g/mol. The fraction of sp³-hybridized carbons (Fsp3) is 0.600. The largest absolute Gasteiger partial charge is 0.365 e. The molecular formula is C15H24N4OS. The first-order chi connectivity index (χ1) is 10.2. The number of hydrogen-bond donors (Lipinski definition) is 1. The molecule has 1 N–H and O–H groups in total. The summed E-state index contributed by atoms with van der Waals surface area (Å²) in [6.07, 6.45) is 1.11. The highest BCUT2D eigenvalue weighted by Gasteiger charge is 2.17. The van der Waals surface area contributed by atoms with Crippen LogP contribution in [0.25, 0.3) is 0 Å². The van der Waals surface area contributed by atoms with E-state index in [4.69, 9.17) is 17.0 Å². The Morgan fingerprint density at radius 2 is 2.19 bits per heavy atom. The highest BCUT2D eigenvalue weighted by atomic mass is 32.1. The third-order valence-corrected chi connectivity index (χ3v) is 3.98. The fourth-order valence-corrected chi connectivity index (χ4v) is 2.74. The number of thiocarbonyl (C=S) groups is 1. The summed E-state index contributed by atoms with van der Waals surface area (Å²) in [5, 5.41) is 3.89. The van der Waals surface area contributed by atoms with Crippen molar-refractivity contribution in [3.8, 4) is 0 Å². The fourth-order valence-electron chi connectivity index (χ4n) is 2.49. The Balaban J connectivity index is 1.84. The number of methoxy groups -OCH3 is 1. The molecule has 116 valence electrons. The first kappa shape index (κ1) is 16.1. The lowest BCUT2D eigenvalue weighted by Gasteiger charge is -2.24. The maximum Gasteiger partial charge on any atom is 0.170 e. The number of pyridine rings is 1. The number of nitrogens with one attached hydrogen (secondary N) is 1. The molecule has 1 fully saturated rings. The first-order valence-corrected chi connectivity index (χ1v) is 7.76. The molecule has 1 aliphatic heterocycles. The second-order valence-electron chi connectivity index (χ2n) is 5.30. The molecule has 0 radical (unpaired) electrons. The summed E-state index contributed by atoms with van der Waals surface area (Å²) >= 11 is 5.39. The van der Waals surface area contributed by atoms with E-state index in [0.29, 0.717) is 6.73 Å². The van der Waals surface area contributed by atoms with Gasteiger partial charge in [0.25, 0.3) is 0 Å². The van der Waals surface area contributed by atoms with Gasteiger partial charge in [0, 0.05) is 45.5 Å². The molecule has 0 saturated carbocycles. The van der Waals surface area contributed by atoms with Crippen molar-refractivity contribution in [1.29, 1.82) is 0 Å². The molecule has 0 bridgehead atoms. The molecule has 2 rings (SSSR count). The summed E-state index contributed by atoms with van der Waals surface area (Å²) in [4.78, 5) is 9.25. The summed E-state index contributed by atoms with van der Waals surface area (Å²) < 4.78 is 5.00. The van der Waals surface area contributed by atoms with E-state index < -0.39 is 0 Å². The van der Waals surface area contributed by atoms with Gasteiger partial charge >= 0.3 is 0 Å². The zero-order chi connectivity index (χ0) is 15.1. The number of rotatable bonds is 4. The minimum Gasteiger partial charge on any atom is -0.365 e. The van der Waals surface area contributed by atoms with Crippen molar-refractivity contribution < 1.29 is 4.74 Å². The van der Waals surface area contributed by atoms with Gasteiger partial charge in [0.1, 0.15) is 6.73 Å². The Labute approximate surface area is 132 Å². The van der Waals surface area contributed by atoms with Crippen molar-refractivity contribution in [3.63, 3.8) is 0 Å². The van der Waals surface area contributed by atoms with Crippen molar-refractivity contribution in [2.75, 3.05) is 40.0 Å². The van der Waals surface area contributed by atoms with E-state index in [9.17, 15) is 0 Å². The van der Waals surface area contributed by atoms with Gasteiger partial charge in [0.2, 0.25) is 0 Å². The van der Waals surface area contributed by atoms with Gasteiger partial charge in [-0.3, -0.25) is 9.88 Å². The van der Waals surface area contributed by atoms with Crippen molar-refractivity contribution >= 4 is 17.3 Å². The Hall–Kier alpha value is -1.24. The van der Waals surface area contributed by atoms with E-state index in [1.165, 1.54) is 0 Å². The number of aryl methyl sites for hydroxylation is 1. The third-order valence-electron chi connectivity index (χ3n) is 3.58. The number of ether oxygens (including phenoxy) is 1. The van der Waals surface area contributed by atoms with Gasteiger partial charge in [-0.1, -0.05) is 6.07 Å². The number of nitrogens with zero attached hydrogens (tertiary/aromatic N) is 3. The predicted octanol–water partition coefficient (Wildman–Crippen LogP) is 1.38. The molecule has 0 aliphatic carbocycles. The quantitative estimate of drug-likeness (QED) is 0.669. The van der Waals surface area contributed by atoms with Crippen LogP contribution in [0.3, 0.4) is 0 Å². The van der Waals surface area contributed by atoms with Crippen LogP contribution in [0.2, 0.25) is 0 Å². The molecule has 6 heteroatoms. The second-order valence-corrected chi connectivity index (χ2v) is 5.69. The van der Waals surface area contributed by atoms with Gasteiger partial charge in [-0.15, -0.1) is 0 Å². The molecule has 1 saturated heterocycles. The lowest BCUT2D eigenvalue weighted by Crippen LogP contribution is -2.42. The summed E-state index contributed by atoms with van der Waals surface area (Å²) in [5.74, 6) is 0. The van der Waals surface area contributed by atoms with Crippen molar-refractivity contribution in [2.45, 2.75) is 19.9 Å². The summed E-state index contributed by atoms with van der Waals surface area (Å²) in [5.41, 5.74) is 2.22. The zero-order valence-corrected chi connectivity index (χ0v) is 13.7. The molecule has 2 heterocycles. The predicted molar refractivity (Wildman–Crippen MR) is 88.1 cm³/mol. The molecule has 1 aromatic heterocycles. The van der Waals surface area contributed by atoms with Gasteiger partial charge in [0.05, 0.1) is 5.69 Å². The van der Waals surface area contributed by atoms with Crippen LogP contribution in [0.15, 0.2) is 18.2 Å². The topological polar surface area (TPSA) is 40.6 Å². The lowest BCUT2D eigenvalue weighted by atomic mass is 10.3. The average Bonchev–Trinajstić information content (AvgIpc) is 2.70. The molecule has 0 amide bonds. The van der Waals surface area contributed by atoms with Gasteiger partial charge in [-0.05, 0) is 37.7 Å². The smallest absolute Gasteiger partial charge is 0.170 e. The van der Waals surface area contributed by atoms with Crippen LogP contribution >= 0.6 is 12.2 Å². The monoisotopic (exact) mass is 308 g/mol. The maximum atomic E-state index is 5.39. The Bertz CT molecular complexity index is 469. The zero-order valence-electron chi connectivity index (χ0n) is 12.8. The molecule has 5 nitrogen and oxygen atoms in total. The highest BCUT2D eigenvalue weighted by Crippen LogP contribution is 2.08. The van der Waals surface area contributed by atoms with E-state index >= 15 is 0 Å². The van der Waals surface area contributed by atoms with Gasteiger partial charge in [-0.2, -0.15) is 0 Å². The van der Waals surface area contributed by atoms with Crippen molar-refractivity contribution in [3.05, 3.63) is 29.6 Å². The summed E-state index contributed by atoms with van der Waals surface area (Å²) in [7, 11) is 1.66. The number of hydrogen-bond acceptors (Lipinski definition) is 4. The van der Waals surface area contributed by atoms with Crippen LogP contribution in [0, 0.1) is 6.92 Å². The van der Waals surface area contributed by atoms with E-state index in [1.807, 2.05) is 13.0 Å². The van der Waals surface area contributed by atoms with Gasteiger partial charge in [0.15, 0.2) is 5.11 Å². The highest BCUT2D eigenvalue weighted by molar-refractivity contribution is 7.80. The Morgan fingerprint density at radius 1 is 1.33 bits per heavy atom. The van der Waals surface area contributed by atoms with E-state index in [0.717, 1.165) is 55.6 Å². The van der Waals surface area contributed by atoms with Crippen molar-refractivity contribution in [1.82, 2.24) is 20.1 Å². The number of aromatic nitrogens is 1. The molecule has 21 heavy (non-hydrogen) atoms. The molecule has 0 aromatic carbocycles. The Kier molecular flexibility index (Phi) is 6.35. The first-order valence-electron chi connectivity index (χ1n) is 7.35. The molecule has 1 aliphatic rings. The van der Waals surface area contributed by atoms with Crippen LogP contribution in [0.5, 0.6) is 0 Å². The molecule has 0 atom stereocenters. The van der Waals surface area contributed by atoms with E-state index in [1.54, 1.807) is 7.11 Å². The summed E-state index contributed by atoms with van der Waals surface area (Å²) in [6, 6.07) is 6.21. The van der Waals surface area contributed by atoms with Gasteiger partial charge in [-0.25, -0.2) is 0 Å². The average molecular weight is 308 g/mol. The van der Waals surface area contributed by atoms with Crippen LogP contribution in [0.1, 0.15) is 17.8 Å². The second kappa shape index (κ2) is 8.26. The SMILES string of the molecule is COCNC(=S)N1CCCN(Cc2cccc(C)n2)CC1. The van der Waals surface area contributed by atoms with E-state index in [2.05, 4.69) is 32.2 Å². The molecule has 0 spiro atoms. The van der Waals surface area contributed by atoms with E-state index in [-0.39, 0.29) is 0 Å². The normalized spacial score (nSPS) is 16.6. The molecule has 1 aromatic rings. The maximum absolute atomic E-state index is 5.39. The van der Waals surface area contributed by atoms with Crippen LogP contribution in [-0.2, 0) is 11.3 Å². The van der Waals surface area contributed by atoms with Crippen LogP contribution in [-0.4, -0.2) is 59.9 Å². The van der Waals surface area contributed by atoms with Crippen LogP contribution < -0.4 is 5.32 Å². The van der Waals surface area contributed by atoms with Gasteiger partial charge < -0.3 is 15.0 Å². The minimum atomic E-state index is 0.465. The standard InChI is InChI=1S/C15H24N4OS/c1-13-5-3-6-14(17-13)11-18-7-4-8-19(10-9-18)15(21)16-12-20-2/h3,5-6H,4,7-12H2,1-2H3,(H,16,21). The van der Waals surface area contributed by atoms with Crippen LogP contribution in [0.4, 0.5) is 0 Å². The molecule has 0 unspecified atom stereocenters. The Morgan fingerprint density at radius 3 is 2.95 bits per heavy atom. The lowest BCUT2D eigenvalue weighted by molar-refractivity contribution is 0.188.